The number of hydrogen-bond donors (Lipinski definition) is 2. The van der Waals surface area contributed by atoms with Crippen molar-refractivity contribution in [2.24, 2.45) is 12.9 Å². The minimum atomic E-state index is -0.239. The molecule has 0 aliphatic carbocycles. The Kier molecular flexibility index (Phi) is 4.31. The number of benzene rings is 1. The van der Waals surface area contributed by atoms with Gasteiger partial charge in [-0.1, -0.05) is 6.07 Å². The van der Waals surface area contributed by atoms with Crippen LogP contribution >= 0.6 is 22.6 Å². The van der Waals surface area contributed by atoms with Crippen molar-refractivity contribution in [3.05, 3.63) is 51.1 Å². The third kappa shape index (κ3) is 3.06. The number of hydrogen-bond acceptors (Lipinski definition) is 3. The van der Waals surface area contributed by atoms with Crippen molar-refractivity contribution in [2.45, 2.75) is 12.5 Å². The lowest BCUT2D eigenvalue weighted by molar-refractivity contribution is 0.537. The van der Waals surface area contributed by atoms with Gasteiger partial charge in [-0.25, -0.2) is 4.39 Å². The summed E-state index contributed by atoms with van der Waals surface area (Å²) in [5.74, 6) is 5.35. The Morgan fingerprint density at radius 2 is 2.28 bits per heavy atom. The average Bonchev–Trinajstić information content (AvgIpc) is 2.72. The molecule has 2 rings (SSSR count). The second kappa shape index (κ2) is 5.77. The first-order chi connectivity index (χ1) is 8.60. The van der Waals surface area contributed by atoms with Crippen molar-refractivity contribution < 1.29 is 4.39 Å². The summed E-state index contributed by atoms with van der Waals surface area (Å²) in [5.41, 5.74) is 4.68. The monoisotopic (exact) mass is 360 g/mol. The average molecular weight is 360 g/mol. The lowest BCUT2D eigenvalue weighted by Crippen LogP contribution is -2.30. The highest BCUT2D eigenvalue weighted by Gasteiger charge is 2.15. The topological polar surface area (TPSA) is 55.9 Å². The number of halogens is 2. The number of rotatable bonds is 4. The molecular formula is C12H14FIN4. The Labute approximate surface area is 118 Å². The van der Waals surface area contributed by atoms with Crippen molar-refractivity contribution in [3.63, 3.8) is 0 Å². The summed E-state index contributed by atoms with van der Waals surface area (Å²) in [5, 5.41) is 4.32. The fourth-order valence-corrected chi connectivity index (χ4v) is 2.68. The predicted molar refractivity (Wildman–Crippen MR) is 76.1 cm³/mol. The van der Waals surface area contributed by atoms with E-state index in [2.05, 4.69) is 33.1 Å². The van der Waals surface area contributed by atoms with E-state index in [1.54, 1.807) is 10.7 Å². The van der Waals surface area contributed by atoms with Gasteiger partial charge in [-0.2, -0.15) is 5.10 Å². The molecule has 1 atom stereocenters. The van der Waals surface area contributed by atoms with E-state index < -0.39 is 0 Å². The normalized spacial score (nSPS) is 12.7. The highest BCUT2D eigenvalue weighted by Crippen LogP contribution is 2.23. The van der Waals surface area contributed by atoms with E-state index in [9.17, 15) is 4.39 Å². The van der Waals surface area contributed by atoms with E-state index in [1.165, 1.54) is 12.1 Å². The van der Waals surface area contributed by atoms with E-state index in [-0.39, 0.29) is 11.9 Å². The van der Waals surface area contributed by atoms with E-state index in [4.69, 9.17) is 5.84 Å². The molecule has 0 saturated heterocycles. The van der Waals surface area contributed by atoms with Crippen LogP contribution in [0.2, 0.25) is 0 Å². The van der Waals surface area contributed by atoms with Crippen LogP contribution in [0.5, 0.6) is 0 Å². The van der Waals surface area contributed by atoms with Crippen LogP contribution in [0.4, 0.5) is 4.39 Å². The molecule has 3 N–H and O–H groups in total. The molecule has 1 unspecified atom stereocenters. The zero-order valence-electron chi connectivity index (χ0n) is 9.90. The van der Waals surface area contributed by atoms with Crippen LogP contribution in [0.3, 0.4) is 0 Å². The van der Waals surface area contributed by atoms with E-state index in [1.807, 2.05) is 19.3 Å². The van der Waals surface area contributed by atoms with Crippen molar-refractivity contribution >= 4 is 22.6 Å². The molecule has 0 aliphatic rings. The maximum atomic E-state index is 13.1. The smallest absolute Gasteiger partial charge is 0.124 e. The Hall–Kier alpha value is -0.990. The Balaban J connectivity index is 2.22. The molecule has 96 valence electrons. The van der Waals surface area contributed by atoms with Gasteiger partial charge in [0.15, 0.2) is 0 Å². The first-order valence-corrected chi connectivity index (χ1v) is 6.57. The van der Waals surface area contributed by atoms with E-state index >= 15 is 0 Å². The van der Waals surface area contributed by atoms with Crippen LogP contribution < -0.4 is 11.3 Å². The first-order valence-electron chi connectivity index (χ1n) is 5.49. The zero-order valence-corrected chi connectivity index (χ0v) is 12.1. The Morgan fingerprint density at radius 1 is 1.50 bits per heavy atom. The highest BCUT2D eigenvalue weighted by atomic mass is 127. The Morgan fingerprint density at radius 3 is 2.83 bits per heavy atom. The summed E-state index contributed by atoms with van der Waals surface area (Å²) in [6, 6.07) is 6.57. The molecule has 1 aromatic carbocycles. The summed E-state index contributed by atoms with van der Waals surface area (Å²) >= 11 is 2.11. The molecule has 0 aliphatic heterocycles. The van der Waals surface area contributed by atoms with Crippen LogP contribution in [0, 0.1) is 9.39 Å². The number of nitrogens with two attached hydrogens (primary N) is 1. The fraction of sp³-hybridized carbons (Fsp3) is 0.250. The minimum absolute atomic E-state index is 0.0765. The molecule has 1 heterocycles. The Bertz CT molecular complexity index is 541. The molecule has 0 saturated carbocycles. The maximum absolute atomic E-state index is 13.1. The summed E-state index contributed by atoms with van der Waals surface area (Å²) in [7, 11) is 1.87. The van der Waals surface area contributed by atoms with Crippen LogP contribution in [-0.2, 0) is 13.5 Å². The van der Waals surface area contributed by atoms with Crippen molar-refractivity contribution in [2.75, 3.05) is 0 Å². The minimum Gasteiger partial charge on any atom is -0.276 e. The highest BCUT2D eigenvalue weighted by molar-refractivity contribution is 14.1. The number of aromatic nitrogens is 2. The molecule has 0 spiro atoms. The quantitative estimate of drug-likeness (QED) is 0.498. The molecule has 0 bridgehead atoms. The summed E-state index contributed by atoms with van der Waals surface area (Å²) in [6.07, 6.45) is 2.55. The zero-order chi connectivity index (χ0) is 13.1. The molecule has 18 heavy (non-hydrogen) atoms. The van der Waals surface area contributed by atoms with Gasteiger partial charge < -0.3 is 0 Å². The van der Waals surface area contributed by atoms with Crippen LogP contribution in [0.15, 0.2) is 30.5 Å². The standard InChI is InChI=1S/C12H14FIN4/c1-18-5-4-9(17-18)7-12(16-15)10-3-2-8(13)6-11(10)14/h2-6,12,16H,7,15H2,1H3. The van der Waals surface area contributed by atoms with Gasteiger partial charge in [0.05, 0.1) is 11.7 Å². The van der Waals surface area contributed by atoms with Gasteiger partial charge in [-0.15, -0.1) is 0 Å². The molecule has 0 fully saturated rings. The van der Waals surface area contributed by atoms with Gasteiger partial charge in [0, 0.05) is 23.2 Å². The summed E-state index contributed by atoms with van der Waals surface area (Å²) in [4.78, 5) is 0. The predicted octanol–water partition coefficient (Wildman–Crippen LogP) is 1.91. The van der Waals surface area contributed by atoms with E-state index in [0.29, 0.717) is 6.42 Å². The lowest BCUT2D eigenvalue weighted by atomic mass is 10.0. The molecule has 0 radical (unpaired) electrons. The lowest BCUT2D eigenvalue weighted by Gasteiger charge is -2.16. The van der Waals surface area contributed by atoms with E-state index in [0.717, 1.165) is 14.8 Å². The molecular weight excluding hydrogens is 346 g/mol. The van der Waals surface area contributed by atoms with Crippen molar-refractivity contribution in [3.8, 4) is 0 Å². The number of nitrogens with one attached hydrogen (secondary N) is 1. The molecule has 4 nitrogen and oxygen atoms in total. The molecule has 6 heteroatoms. The van der Waals surface area contributed by atoms with Crippen molar-refractivity contribution in [1.82, 2.24) is 15.2 Å². The van der Waals surface area contributed by atoms with Gasteiger partial charge in [0.1, 0.15) is 5.82 Å². The van der Waals surface area contributed by atoms with Gasteiger partial charge in [0.25, 0.3) is 0 Å². The van der Waals surface area contributed by atoms with Gasteiger partial charge in [-0.3, -0.25) is 16.0 Å². The van der Waals surface area contributed by atoms with Crippen molar-refractivity contribution in [1.29, 1.82) is 0 Å². The fourth-order valence-electron chi connectivity index (χ4n) is 1.82. The van der Waals surface area contributed by atoms with Crippen LogP contribution in [0.1, 0.15) is 17.3 Å². The second-order valence-electron chi connectivity index (χ2n) is 4.07. The molecule has 0 amide bonds. The molecule has 2 aromatic rings. The van der Waals surface area contributed by atoms with Crippen LogP contribution in [-0.4, -0.2) is 9.78 Å². The number of nitrogens with zero attached hydrogens (tertiary/aromatic N) is 2. The van der Waals surface area contributed by atoms with Gasteiger partial charge in [0.2, 0.25) is 0 Å². The third-order valence-electron chi connectivity index (χ3n) is 2.72. The van der Waals surface area contributed by atoms with Gasteiger partial charge in [-0.05, 0) is 46.4 Å². The summed E-state index contributed by atoms with van der Waals surface area (Å²) < 4.78 is 15.7. The SMILES string of the molecule is Cn1ccc(CC(NN)c2ccc(F)cc2I)n1. The van der Waals surface area contributed by atoms with Gasteiger partial charge >= 0.3 is 0 Å². The summed E-state index contributed by atoms with van der Waals surface area (Å²) in [6.45, 7) is 0. The second-order valence-corrected chi connectivity index (χ2v) is 5.23. The maximum Gasteiger partial charge on any atom is 0.124 e. The molecule has 1 aromatic heterocycles. The first kappa shape index (κ1) is 13.4. The number of hydrazine groups is 1. The largest absolute Gasteiger partial charge is 0.276 e. The van der Waals surface area contributed by atoms with Crippen LogP contribution in [0.25, 0.3) is 0 Å². The number of aryl methyl sites for hydroxylation is 1. The third-order valence-corrected chi connectivity index (χ3v) is 3.66.